The molecule has 1 N–H and O–H groups in total. The molecule has 124 valence electrons. The predicted octanol–water partition coefficient (Wildman–Crippen LogP) is 1.03. The molecule has 2 atom stereocenters. The van der Waals surface area contributed by atoms with Gasteiger partial charge < -0.3 is 10.1 Å². The zero-order chi connectivity index (χ0) is 16.7. The first-order valence-electron chi connectivity index (χ1n) is 7.85. The molecule has 3 aromatic rings. The number of rotatable bonds is 3. The second-order valence-corrected chi connectivity index (χ2v) is 5.94. The molecule has 0 spiro atoms. The molecule has 4 heterocycles. The number of carbonyl (C=O) groups is 1. The number of aryl methyl sites for hydroxylation is 2. The number of aromatic nitrogens is 5. The molecule has 3 aromatic heterocycles. The third-order valence-corrected chi connectivity index (χ3v) is 4.31. The third-order valence-electron chi connectivity index (χ3n) is 4.31. The number of carbonyl (C=O) groups excluding carboxylic acids is 1. The summed E-state index contributed by atoms with van der Waals surface area (Å²) < 4.78 is 9.18. The molecule has 0 aliphatic carbocycles. The molecule has 0 radical (unpaired) electrons. The van der Waals surface area contributed by atoms with Crippen LogP contribution in [0.2, 0.25) is 0 Å². The Hall–Kier alpha value is -2.74. The molecule has 0 aromatic carbocycles. The molecule has 1 aliphatic heterocycles. The first kappa shape index (κ1) is 14.8. The molecule has 0 saturated carbocycles. The first-order valence-corrected chi connectivity index (χ1v) is 7.85. The van der Waals surface area contributed by atoms with Gasteiger partial charge >= 0.3 is 0 Å². The van der Waals surface area contributed by atoms with Crippen molar-refractivity contribution < 1.29 is 9.53 Å². The minimum Gasteiger partial charge on any atom is -0.370 e. The van der Waals surface area contributed by atoms with E-state index in [1.807, 2.05) is 26.1 Å². The van der Waals surface area contributed by atoms with Crippen LogP contribution >= 0.6 is 0 Å². The van der Waals surface area contributed by atoms with Crippen LogP contribution in [0.1, 0.15) is 34.3 Å². The molecule has 1 amide bonds. The topological polar surface area (TPSA) is 86.3 Å². The van der Waals surface area contributed by atoms with Crippen molar-refractivity contribution in [3.63, 3.8) is 0 Å². The highest BCUT2D eigenvalue weighted by molar-refractivity contribution is 5.99. The second kappa shape index (κ2) is 5.72. The van der Waals surface area contributed by atoms with Crippen LogP contribution in [-0.4, -0.2) is 42.9 Å². The summed E-state index contributed by atoms with van der Waals surface area (Å²) in [4.78, 5) is 17.1. The van der Waals surface area contributed by atoms with Gasteiger partial charge in [-0.05, 0) is 25.5 Å². The first-order chi connectivity index (χ1) is 11.6. The smallest absolute Gasteiger partial charge is 0.257 e. The van der Waals surface area contributed by atoms with Crippen molar-refractivity contribution in [1.29, 1.82) is 0 Å². The Kier molecular flexibility index (Phi) is 3.53. The summed E-state index contributed by atoms with van der Waals surface area (Å²) in [6.07, 6.45) is 5.64. The molecular weight excluding hydrogens is 308 g/mol. The van der Waals surface area contributed by atoms with Crippen LogP contribution in [0, 0.1) is 6.92 Å². The van der Waals surface area contributed by atoms with E-state index in [-0.39, 0.29) is 18.1 Å². The third kappa shape index (κ3) is 2.44. The van der Waals surface area contributed by atoms with Crippen LogP contribution in [0.5, 0.6) is 0 Å². The summed E-state index contributed by atoms with van der Waals surface area (Å²) in [5, 5.41) is 11.4. The van der Waals surface area contributed by atoms with Crippen molar-refractivity contribution in [2.24, 2.45) is 7.05 Å². The number of amides is 1. The fraction of sp³-hybridized carbons (Fsp3) is 0.375. The number of ether oxygens (including phenoxy) is 1. The van der Waals surface area contributed by atoms with Gasteiger partial charge in [0.05, 0.1) is 17.9 Å². The van der Waals surface area contributed by atoms with Crippen LogP contribution in [0.3, 0.4) is 0 Å². The van der Waals surface area contributed by atoms with E-state index in [0.717, 1.165) is 17.8 Å². The highest BCUT2D eigenvalue weighted by Crippen LogP contribution is 2.29. The number of hydrogen-bond acceptors (Lipinski definition) is 5. The fourth-order valence-electron chi connectivity index (χ4n) is 3.06. The molecule has 0 unspecified atom stereocenters. The van der Waals surface area contributed by atoms with Gasteiger partial charge in [-0.1, -0.05) is 0 Å². The Labute approximate surface area is 138 Å². The van der Waals surface area contributed by atoms with E-state index in [4.69, 9.17) is 4.74 Å². The summed E-state index contributed by atoms with van der Waals surface area (Å²) in [6, 6.07) is 3.66. The van der Waals surface area contributed by atoms with Crippen molar-refractivity contribution in [3.8, 4) is 0 Å². The molecule has 0 bridgehead atoms. The fourth-order valence-corrected chi connectivity index (χ4v) is 3.06. The Balaban J connectivity index is 1.59. The maximum atomic E-state index is 12.7. The highest BCUT2D eigenvalue weighted by atomic mass is 16.5. The molecule has 4 rings (SSSR count). The van der Waals surface area contributed by atoms with Gasteiger partial charge in [-0.25, -0.2) is 9.50 Å². The van der Waals surface area contributed by atoms with E-state index in [1.165, 1.54) is 0 Å². The van der Waals surface area contributed by atoms with E-state index in [2.05, 4.69) is 20.5 Å². The van der Waals surface area contributed by atoms with Crippen molar-refractivity contribution in [3.05, 3.63) is 47.7 Å². The highest BCUT2D eigenvalue weighted by Gasteiger charge is 2.33. The van der Waals surface area contributed by atoms with Crippen molar-refractivity contribution in [2.75, 3.05) is 6.61 Å². The number of nitrogens with zero attached hydrogens (tertiary/aromatic N) is 5. The molecule has 8 heteroatoms. The molecule has 1 saturated heterocycles. The maximum Gasteiger partial charge on any atom is 0.257 e. The Morgan fingerprint density at radius 1 is 1.38 bits per heavy atom. The molecule has 8 nitrogen and oxygen atoms in total. The van der Waals surface area contributed by atoms with Crippen LogP contribution in [-0.2, 0) is 11.8 Å². The van der Waals surface area contributed by atoms with Gasteiger partial charge in [0.2, 0.25) is 0 Å². The molecular formula is C16H18N6O2. The average Bonchev–Trinajstić information content (AvgIpc) is 3.26. The van der Waals surface area contributed by atoms with Gasteiger partial charge in [0, 0.05) is 31.7 Å². The van der Waals surface area contributed by atoms with Crippen molar-refractivity contribution >= 4 is 11.6 Å². The predicted molar refractivity (Wildman–Crippen MR) is 85.5 cm³/mol. The number of nitrogens with one attached hydrogen (secondary N) is 1. The normalized spacial score (nSPS) is 20.6. The maximum absolute atomic E-state index is 12.7. The van der Waals surface area contributed by atoms with Crippen molar-refractivity contribution in [1.82, 2.24) is 29.7 Å². The lowest BCUT2D eigenvalue weighted by atomic mass is 10.1. The van der Waals surface area contributed by atoms with Crippen LogP contribution < -0.4 is 5.32 Å². The van der Waals surface area contributed by atoms with Gasteiger partial charge in [-0.15, -0.1) is 0 Å². The molecule has 1 aliphatic rings. The van der Waals surface area contributed by atoms with E-state index in [1.54, 1.807) is 27.8 Å². The minimum atomic E-state index is -0.196. The van der Waals surface area contributed by atoms with E-state index in [0.29, 0.717) is 17.8 Å². The summed E-state index contributed by atoms with van der Waals surface area (Å²) >= 11 is 0. The van der Waals surface area contributed by atoms with E-state index < -0.39 is 0 Å². The summed E-state index contributed by atoms with van der Waals surface area (Å²) in [6.45, 7) is 2.49. The average molecular weight is 326 g/mol. The lowest BCUT2D eigenvalue weighted by Crippen LogP contribution is -2.37. The second-order valence-electron chi connectivity index (χ2n) is 5.94. The van der Waals surface area contributed by atoms with Crippen molar-refractivity contribution in [2.45, 2.75) is 25.5 Å². The number of fused-ring (bicyclic) bond motifs is 1. The van der Waals surface area contributed by atoms with Gasteiger partial charge in [0.25, 0.3) is 5.91 Å². The van der Waals surface area contributed by atoms with Crippen LogP contribution in [0.15, 0.2) is 30.7 Å². The minimum absolute atomic E-state index is 0.104. The Morgan fingerprint density at radius 2 is 2.25 bits per heavy atom. The lowest BCUT2D eigenvalue weighted by Gasteiger charge is -2.19. The Morgan fingerprint density at radius 3 is 3.04 bits per heavy atom. The quantitative estimate of drug-likeness (QED) is 0.777. The lowest BCUT2D eigenvalue weighted by molar-refractivity contribution is 0.0793. The largest absolute Gasteiger partial charge is 0.370 e. The van der Waals surface area contributed by atoms with E-state index in [9.17, 15) is 4.79 Å². The zero-order valence-corrected chi connectivity index (χ0v) is 13.5. The number of hydrogen-bond donors (Lipinski definition) is 1. The van der Waals surface area contributed by atoms with Gasteiger partial charge in [0.1, 0.15) is 11.7 Å². The summed E-state index contributed by atoms with van der Waals surface area (Å²) in [5.74, 6) is -0.189. The monoisotopic (exact) mass is 326 g/mol. The standard InChI is InChI=1S/C16H18N6O2/c1-10-4-7-22-15(19-10)11(9-18-22)16(23)20-12-5-8-24-14(12)13-3-6-17-21(13)2/h3-4,6-7,9,12,14H,5,8H2,1-2H3,(H,20,23)/t12-,14-/m0/s1. The summed E-state index contributed by atoms with van der Waals surface area (Å²) in [5.41, 5.74) is 2.82. The SMILES string of the molecule is Cc1ccn2ncc(C(=O)N[C@H]3CCO[C@@H]3c3ccnn3C)c2n1. The molecule has 1 fully saturated rings. The zero-order valence-electron chi connectivity index (χ0n) is 13.5. The Bertz CT molecular complexity index is 899. The van der Waals surface area contributed by atoms with Crippen LogP contribution in [0.4, 0.5) is 0 Å². The van der Waals surface area contributed by atoms with Crippen LogP contribution in [0.25, 0.3) is 5.65 Å². The van der Waals surface area contributed by atoms with E-state index >= 15 is 0 Å². The van der Waals surface area contributed by atoms with Gasteiger partial charge in [0.15, 0.2) is 5.65 Å². The molecule has 24 heavy (non-hydrogen) atoms. The summed E-state index contributed by atoms with van der Waals surface area (Å²) in [7, 11) is 1.87. The van der Waals surface area contributed by atoms with Gasteiger partial charge in [-0.3, -0.25) is 9.48 Å². The van der Waals surface area contributed by atoms with Gasteiger partial charge in [-0.2, -0.15) is 10.2 Å².